The van der Waals surface area contributed by atoms with Gasteiger partial charge in [0.1, 0.15) is 5.82 Å². The number of fused-ring (bicyclic) bond motifs is 1. The van der Waals surface area contributed by atoms with E-state index >= 15 is 0 Å². The van der Waals surface area contributed by atoms with Crippen LogP contribution < -0.4 is 0 Å². The molecule has 2 nitrogen and oxygen atoms in total. The van der Waals surface area contributed by atoms with Crippen LogP contribution in [-0.4, -0.2) is 7.76 Å². The third kappa shape index (κ3) is 1.12. The molecule has 0 bridgehead atoms. The summed E-state index contributed by atoms with van der Waals surface area (Å²) in [6.07, 6.45) is 0.984. The van der Waals surface area contributed by atoms with Gasteiger partial charge >= 0.3 is 0 Å². The first-order valence-corrected chi connectivity index (χ1v) is 4.92. The van der Waals surface area contributed by atoms with E-state index in [1.165, 1.54) is 5.52 Å². The van der Waals surface area contributed by atoms with E-state index < -0.39 is 0 Å². The monoisotopic (exact) mass is 272 g/mol. The number of aryl methyl sites for hydroxylation is 1. The van der Waals surface area contributed by atoms with Crippen LogP contribution in [0.1, 0.15) is 12.7 Å². The van der Waals surface area contributed by atoms with E-state index in [1.54, 1.807) is 0 Å². The molecular formula is C9H9IN2. The van der Waals surface area contributed by atoms with Gasteiger partial charge in [0.15, 0.2) is 0 Å². The van der Waals surface area contributed by atoms with Gasteiger partial charge in [-0.1, -0.05) is 19.1 Å². The average Bonchev–Trinajstić information content (AvgIpc) is 2.44. The predicted molar refractivity (Wildman–Crippen MR) is 58.5 cm³/mol. The first-order chi connectivity index (χ1) is 5.83. The van der Waals surface area contributed by atoms with Gasteiger partial charge in [0.2, 0.25) is 0 Å². The van der Waals surface area contributed by atoms with Crippen LogP contribution >= 0.6 is 22.9 Å². The Morgan fingerprint density at radius 2 is 2.17 bits per heavy atom. The third-order valence-corrected chi connectivity index (χ3v) is 2.96. The summed E-state index contributed by atoms with van der Waals surface area (Å²) in [5.41, 5.74) is 2.29. The van der Waals surface area contributed by atoms with Crippen molar-refractivity contribution in [3.05, 3.63) is 30.1 Å². The first kappa shape index (κ1) is 8.04. The quantitative estimate of drug-likeness (QED) is 0.730. The zero-order valence-corrected chi connectivity index (χ0v) is 8.95. The largest absolute Gasteiger partial charge is 0.268 e. The number of imidazole rings is 1. The molecule has 0 N–H and O–H groups in total. The minimum Gasteiger partial charge on any atom is -0.268 e. The van der Waals surface area contributed by atoms with Gasteiger partial charge in [-0.25, -0.2) is 4.98 Å². The molecule has 0 atom stereocenters. The normalized spacial score (nSPS) is 10.8. The molecule has 62 valence electrons. The van der Waals surface area contributed by atoms with Gasteiger partial charge in [-0.3, -0.25) is 2.78 Å². The van der Waals surface area contributed by atoms with Crippen molar-refractivity contribution in [3.63, 3.8) is 0 Å². The molecule has 0 unspecified atom stereocenters. The minimum absolute atomic E-state index is 0.984. The van der Waals surface area contributed by atoms with E-state index in [0.717, 1.165) is 17.8 Å². The van der Waals surface area contributed by atoms with Gasteiger partial charge in [-0.05, 0) is 12.1 Å². The van der Waals surface area contributed by atoms with Gasteiger partial charge in [-0.2, -0.15) is 0 Å². The van der Waals surface area contributed by atoms with E-state index in [4.69, 9.17) is 0 Å². The Morgan fingerprint density at radius 3 is 2.83 bits per heavy atom. The fraction of sp³-hybridized carbons (Fsp3) is 0.222. The average molecular weight is 272 g/mol. The van der Waals surface area contributed by atoms with Crippen molar-refractivity contribution in [3.8, 4) is 0 Å². The second-order valence-electron chi connectivity index (χ2n) is 2.65. The molecule has 0 aliphatic carbocycles. The lowest BCUT2D eigenvalue weighted by atomic mass is 10.3. The van der Waals surface area contributed by atoms with Crippen LogP contribution in [0.25, 0.3) is 11.0 Å². The highest BCUT2D eigenvalue weighted by Crippen LogP contribution is 2.18. The number of benzene rings is 1. The Balaban J connectivity index is 2.78. The molecule has 0 amide bonds. The molecule has 3 heteroatoms. The fourth-order valence-electron chi connectivity index (χ4n) is 1.26. The summed E-state index contributed by atoms with van der Waals surface area (Å²) in [6, 6.07) is 8.20. The number of hydrogen-bond acceptors (Lipinski definition) is 1. The van der Waals surface area contributed by atoms with Gasteiger partial charge in [0.05, 0.1) is 33.9 Å². The number of para-hydroxylation sites is 2. The molecule has 1 heterocycles. The van der Waals surface area contributed by atoms with Crippen molar-refractivity contribution in [1.82, 2.24) is 7.76 Å². The maximum Gasteiger partial charge on any atom is 0.118 e. The fourth-order valence-corrected chi connectivity index (χ4v) is 2.12. The van der Waals surface area contributed by atoms with E-state index in [0.29, 0.717) is 0 Å². The van der Waals surface area contributed by atoms with Crippen LogP contribution in [0.5, 0.6) is 0 Å². The zero-order chi connectivity index (χ0) is 8.55. The number of nitrogens with zero attached hydrogens (tertiary/aromatic N) is 2. The Bertz CT molecular complexity index is 406. The van der Waals surface area contributed by atoms with Crippen LogP contribution in [0.4, 0.5) is 0 Å². The molecule has 0 aliphatic heterocycles. The summed E-state index contributed by atoms with van der Waals surface area (Å²) in [4.78, 5) is 4.49. The van der Waals surface area contributed by atoms with E-state index in [-0.39, 0.29) is 0 Å². The molecule has 0 radical (unpaired) electrons. The summed E-state index contributed by atoms with van der Waals surface area (Å²) >= 11 is 2.29. The first-order valence-electron chi connectivity index (χ1n) is 3.95. The summed E-state index contributed by atoms with van der Waals surface area (Å²) in [5, 5.41) is 0. The van der Waals surface area contributed by atoms with Crippen molar-refractivity contribution >= 4 is 33.9 Å². The number of rotatable bonds is 1. The van der Waals surface area contributed by atoms with Crippen LogP contribution in [0.3, 0.4) is 0 Å². The summed E-state index contributed by atoms with van der Waals surface area (Å²) in [6.45, 7) is 2.12. The predicted octanol–water partition coefficient (Wildman–Crippen LogP) is 2.80. The molecule has 0 fully saturated rings. The molecule has 2 rings (SSSR count). The van der Waals surface area contributed by atoms with Crippen molar-refractivity contribution < 1.29 is 0 Å². The Morgan fingerprint density at radius 1 is 1.42 bits per heavy atom. The maximum atomic E-state index is 4.49. The number of halogens is 1. The van der Waals surface area contributed by atoms with Gasteiger partial charge in [0, 0.05) is 6.42 Å². The van der Waals surface area contributed by atoms with Gasteiger partial charge < -0.3 is 0 Å². The Labute approximate surface area is 85.1 Å². The lowest BCUT2D eigenvalue weighted by Crippen LogP contribution is -1.87. The molecule has 1 aromatic heterocycles. The topological polar surface area (TPSA) is 17.8 Å². The van der Waals surface area contributed by atoms with Crippen molar-refractivity contribution in [2.24, 2.45) is 0 Å². The standard InChI is InChI=1S/C9H9IN2/c1-2-9-11-7-5-3-4-6-8(7)12(9)10/h3-6H,2H2,1H3. The molecule has 0 aliphatic rings. The van der Waals surface area contributed by atoms with Crippen molar-refractivity contribution in [1.29, 1.82) is 0 Å². The van der Waals surface area contributed by atoms with Crippen LogP contribution in [0.2, 0.25) is 0 Å². The highest BCUT2D eigenvalue weighted by molar-refractivity contribution is 14.1. The SMILES string of the molecule is CCc1nc2ccccc2n1I. The van der Waals surface area contributed by atoms with Gasteiger partial charge in [-0.15, -0.1) is 0 Å². The van der Waals surface area contributed by atoms with Crippen LogP contribution in [-0.2, 0) is 6.42 Å². The smallest absolute Gasteiger partial charge is 0.118 e. The summed E-state index contributed by atoms with van der Waals surface area (Å²) in [5.74, 6) is 1.14. The van der Waals surface area contributed by atoms with Gasteiger partial charge in [0.25, 0.3) is 0 Å². The molecule has 12 heavy (non-hydrogen) atoms. The molecule has 0 saturated heterocycles. The second kappa shape index (κ2) is 3.05. The molecular weight excluding hydrogens is 263 g/mol. The van der Waals surface area contributed by atoms with E-state index in [9.17, 15) is 0 Å². The zero-order valence-electron chi connectivity index (χ0n) is 6.79. The number of hydrogen-bond donors (Lipinski definition) is 0. The summed E-state index contributed by atoms with van der Waals surface area (Å²) in [7, 11) is 0. The molecule has 1 aromatic carbocycles. The second-order valence-corrected chi connectivity index (χ2v) is 3.62. The minimum atomic E-state index is 0.984. The lowest BCUT2D eigenvalue weighted by Gasteiger charge is -1.93. The lowest BCUT2D eigenvalue weighted by molar-refractivity contribution is 0.989. The third-order valence-electron chi connectivity index (χ3n) is 1.89. The molecule has 0 spiro atoms. The molecule has 2 aromatic rings. The molecule has 0 saturated carbocycles. The van der Waals surface area contributed by atoms with E-state index in [1.807, 2.05) is 18.2 Å². The highest BCUT2D eigenvalue weighted by Gasteiger charge is 2.04. The van der Waals surface area contributed by atoms with Crippen LogP contribution in [0, 0.1) is 0 Å². The maximum absolute atomic E-state index is 4.49. The highest BCUT2D eigenvalue weighted by atomic mass is 127. The number of aromatic nitrogens is 2. The van der Waals surface area contributed by atoms with E-state index in [2.05, 4.69) is 43.6 Å². The summed E-state index contributed by atoms with van der Waals surface area (Å²) < 4.78 is 2.12. The van der Waals surface area contributed by atoms with Crippen LogP contribution in [0.15, 0.2) is 24.3 Å². The van der Waals surface area contributed by atoms with Crippen molar-refractivity contribution in [2.45, 2.75) is 13.3 Å². The Kier molecular flexibility index (Phi) is 2.04. The Hall–Kier alpha value is -0.580. The van der Waals surface area contributed by atoms with Crippen molar-refractivity contribution in [2.75, 3.05) is 0 Å².